The Morgan fingerprint density at radius 1 is 0.882 bits per heavy atom. The van der Waals surface area contributed by atoms with E-state index in [0.717, 1.165) is 51.9 Å². The second-order valence-corrected chi connectivity index (χ2v) is 19.3. The molecule has 2 spiro atoms. The summed E-state index contributed by atoms with van der Waals surface area (Å²) in [6, 6.07) is 0. The summed E-state index contributed by atoms with van der Waals surface area (Å²) in [6.45, 7) is 15.3. The molecule has 7 fully saturated rings. The van der Waals surface area contributed by atoms with Crippen LogP contribution in [0, 0.1) is 50.7 Å². The van der Waals surface area contributed by atoms with Crippen LogP contribution in [0.5, 0.6) is 0 Å². The van der Waals surface area contributed by atoms with Crippen molar-refractivity contribution in [3.8, 4) is 0 Å². The van der Waals surface area contributed by atoms with Crippen molar-refractivity contribution in [2.45, 2.75) is 180 Å². The highest BCUT2D eigenvalue weighted by molar-refractivity contribution is 5.33. The lowest BCUT2D eigenvalue weighted by Gasteiger charge is -2.64. The maximum atomic E-state index is 13.0. The number of rotatable bonds is 7. The van der Waals surface area contributed by atoms with E-state index in [2.05, 4.69) is 39.4 Å². The van der Waals surface area contributed by atoms with Gasteiger partial charge in [-0.2, -0.15) is 0 Å². The number of alkyl halides is 3. The van der Waals surface area contributed by atoms with Crippen LogP contribution in [0.25, 0.3) is 0 Å². The Balaban J connectivity index is 1.12. The van der Waals surface area contributed by atoms with E-state index in [1.807, 2.05) is 0 Å². The number of halogens is 3. The molecule has 0 aromatic heterocycles. The Hall–Kier alpha value is -0.610. The Labute approximate surface area is 299 Å². The van der Waals surface area contributed by atoms with E-state index in [4.69, 9.17) is 18.9 Å². The van der Waals surface area contributed by atoms with Gasteiger partial charge in [-0.25, -0.2) is 0 Å². The van der Waals surface area contributed by atoms with Gasteiger partial charge in [-0.15, -0.1) is 13.2 Å². The first-order chi connectivity index (χ1) is 23.4. The zero-order chi connectivity index (χ0) is 37.5. The van der Waals surface area contributed by atoms with Crippen molar-refractivity contribution in [2.75, 3.05) is 6.61 Å². The van der Waals surface area contributed by atoms with E-state index in [-0.39, 0.29) is 52.1 Å². The van der Waals surface area contributed by atoms with E-state index in [9.17, 15) is 38.7 Å². The lowest BCUT2D eigenvalue weighted by Crippen LogP contribution is -2.61. The van der Waals surface area contributed by atoms with Gasteiger partial charge in [0.1, 0.15) is 24.4 Å². The van der Waals surface area contributed by atoms with Gasteiger partial charge in [-0.1, -0.05) is 34.6 Å². The summed E-state index contributed by atoms with van der Waals surface area (Å²) in [7, 11) is 0. The van der Waals surface area contributed by atoms with Crippen LogP contribution in [0.4, 0.5) is 13.2 Å². The fourth-order valence-corrected chi connectivity index (χ4v) is 13.9. The highest BCUT2D eigenvalue weighted by atomic mass is 19.4. The average molecular weight is 735 g/mol. The molecule has 2 aliphatic heterocycles. The van der Waals surface area contributed by atoms with Crippen LogP contribution < -0.4 is 0 Å². The first-order valence-corrected chi connectivity index (χ1v) is 19.2. The van der Waals surface area contributed by atoms with Crippen molar-refractivity contribution in [1.29, 1.82) is 0 Å². The minimum Gasteiger partial charge on any atom is -0.390 e. The molecule has 2 saturated heterocycles. The third-order valence-corrected chi connectivity index (χ3v) is 16.2. The van der Waals surface area contributed by atoms with Crippen LogP contribution in [0.1, 0.15) is 107 Å². The van der Waals surface area contributed by atoms with Crippen molar-refractivity contribution in [2.24, 2.45) is 50.7 Å². The maximum absolute atomic E-state index is 13.0. The molecule has 18 atom stereocenters. The lowest BCUT2D eigenvalue weighted by atomic mass is 9.41. The Morgan fingerprint density at radius 3 is 2.18 bits per heavy atom. The van der Waals surface area contributed by atoms with Gasteiger partial charge >= 0.3 is 6.36 Å². The first-order valence-electron chi connectivity index (χ1n) is 19.2. The summed E-state index contributed by atoms with van der Waals surface area (Å²) in [4.78, 5) is 0. The lowest BCUT2D eigenvalue weighted by molar-refractivity contribution is -0.389. The Morgan fingerprint density at radius 2 is 1.53 bits per heavy atom. The van der Waals surface area contributed by atoms with E-state index in [1.165, 1.54) is 13.8 Å². The van der Waals surface area contributed by atoms with Gasteiger partial charge in [-0.05, 0) is 117 Å². The fourth-order valence-electron chi connectivity index (χ4n) is 13.9. The first kappa shape index (κ1) is 38.7. The summed E-state index contributed by atoms with van der Waals surface area (Å²) >= 11 is 0. The molecular formula is C38H61F3O10. The fraction of sp³-hybridized carbons (Fsp3) is 1.00. The largest absolute Gasteiger partial charge is 0.524 e. The van der Waals surface area contributed by atoms with Gasteiger partial charge in [-0.3, -0.25) is 4.74 Å². The van der Waals surface area contributed by atoms with Crippen LogP contribution in [-0.4, -0.2) is 106 Å². The molecule has 0 amide bonds. The second kappa shape index (κ2) is 12.2. The van der Waals surface area contributed by atoms with Gasteiger partial charge in [0.05, 0.1) is 36.6 Å². The summed E-state index contributed by atoms with van der Waals surface area (Å²) < 4.78 is 67.8. The summed E-state index contributed by atoms with van der Waals surface area (Å²) in [5.41, 5.74) is -2.32. The van der Waals surface area contributed by atoms with Crippen molar-refractivity contribution in [3.05, 3.63) is 0 Å². The third-order valence-electron chi connectivity index (χ3n) is 16.2. The molecular weight excluding hydrogens is 673 g/mol. The number of aliphatic hydroxyl groups excluding tert-OH is 4. The molecule has 0 bridgehead atoms. The molecule has 0 aromatic carbocycles. The maximum Gasteiger partial charge on any atom is 0.524 e. The van der Waals surface area contributed by atoms with Crippen molar-refractivity contribution in [3.63, 3.8) is 0 Å². The zero-order valence-corrected chi connectivity index (χ0v) is 31.4. The van der Waals surface area contributed by atoms with Crippen LogP contribution in [0.15, 0.2) is 0 Å². The summed E-state index contributed by atoms with van der Waals surface area (Å²) in [6.07, 6.45) is -7.59. The second-order valence-electron chi connectivity index (χ2n) is 19.3. The molecule has 0 aromatic rings. The van der Waals surface area contributed by atoms with E-state index in [0.29, 0.717) is 12.3 Å². The van der Waals surface area contributed by atoms with Gasteiger partial charge in [0.2, 0.25) is 0 Å². The molecule has 5 N–H and O–H groups in total. The quantitative estimate of drug-likeness (QED) is 0.185. The predicted molar refractivity (Wildman–Crippen MR) is 177 cm³/mol. The third kappa shape index (κ3) is 5.55. The molecule has 10 nitrogen and oxygen atoms in total. The van der Waals surface area contributed by atoms with E-state index >= 15 is 0 Å². The molecule has 0 radical (unpaired) electrons. The van der Waals surface area contributed by atoms with Crippen LogP contribution >= 0.6 is 0 Å². The van der Waals surface area contributed by atoms with Gasteiger partial charge in [0.15, 0.2) is 12.6 Å². The minimum atomic E-state index is -4.90. The molecule has 13 heteroatoms. The molecule has 5 saturated carbocycles. The van der Waals surface area contributed by atoms with E-state index < -0.39 is 72.7 Å². The van der Waals surface area contributed by atoms with E-state index in [1.54, 1.807) is 0 Å². The highest BCUT2D eigenvalue weighted by Crippen LogP contribution is 2.89. The summed E-state index contributed by atoms with van der Waals surface area (Å²) in [5.74, 6) is 0.700. The molecule has 2 heterocycles. The Bertz CT molecular complexity index is 1330. The molecule has 7 aliphatic rings. The van der Waals surface area contributed by atoms with Crippen molar-refractivity contribution in [1.82, 2.24) is 0 Å². The van der Waals surface area contributed by atoms with Crippen LogP contribution in [-0.2, 0) is 23.7 Å². The monoisotopic (exact) mass is 734 g/mol. The zero-order valence-electron chi connectivity index (χ0n) is 31.4. The smallest absolute Gasteiger partial charge is 0.390 e. The van der Waals surface area contributed by atoms with Gasteiger partial charge in [0, 0.05) is 5.41 Å². The van der Waals surface area contributed by atoms with Crippen LogP contribution in [0.3, 0.4) is 0 Å². The van der Waals surface area contributed by atoms with Crippen molar-refractivity contribution >= 4 is 0 Å². The Kier molecular flexibility index (Phi) is 9.24. The van der Waals surface area contributed by atoms with Gasteiger partial charge in [0.25, 0.3) is 0 Å². The molecule has 7 rings (SSSR count). The highest BCUT2D eigenvalue weighted by Gasteiger charge is 2.84. The molecule has 51 heavy (non-hydrogen) atoms. The number of fused-ring (bicyclic) bond motifs is 4. The number of hydrogen-bond donors (Lipinski definition) is 5. The minimum absolute atomic E-state index is 0.0289. The molecule has 0 unspecified atom stereocenters. The average Bonchev–Trinajstić information content (AvgIpc) is 3.64. The number of ether oxygens (including phenoxy) is 5. The standard InChI is InChI=1S/C38H61F3O10/c1-18-15-21(30(33(5,6)46)48-19(2)51-38(39,40)41)49-28-25(18)34(7)13-14-37-17-36(37)12-11-24(50-31-27(44)26(43)20(42)16-47-31)32(3,4)22(36)9-10-23(37)35(34,8)29(28)45/h18-31,42-46H,9-17H2,1-8H3/t18-,19-,20-,21-,22+,23+,24+,25+,26+,27-,28+,29+,30+,31+,34-,35-,36-,37+/m1/s1. The van der Waals surface area contributed by atoms with Gasteiger partial charge < -0.3 is 44.5 Å². The number of hydrogen-bond acceptors (Lipinski definition) is 10. The predicted octanol–water partition coefficient (Wildman–Crippen LogP) is 4.66. The topological polar surface area (TPSA) is 147 Å². The van der Waals surface area contributed by atoms with Crippen molar-refractivity contribution < 1.29 is 62.4 Å². The van der Waals surface area contributed by atoms with Crippen LogP contribution in [0.2, 0.25) is 0 Å². The molecule has 5 aliphatic carbocycles. The SMILES string of the molecule is C[C@H](O[C@@H]([C@H]1C[C@@H](C)[C@H]2[C@H](O1)[C@H](O)[C@@]1(C)[C@@H]3CC[C@H]4C(C)(C)[C@@H](O[C@@H]5OC[C@@H](O)[C@H](O)[C@H]5O)CC[C@@]45C[C@@]35CC[C@]21C)C(C)(C)O)OC(F)(F)F. The normalized spacial score (nSPS) is 53.2. The summed E-state index contributed by atoms with van der Waals surface area (Å²) in [5, 5.41) is 54.5. The molecule has 294 valence electrons. The number of aliphatic hydroxyl groups is 5.